The Hall–Kier alpha value is 0.354. The average molecular weight is 205 g/mol. The molecule has 0 radical (unpaired) electrons. The molecule has 0 rings (SSSR count). The lowest BCUT2D eigenvalue weighted by Gasteiger charge is -2.44. The highest BCUT2D eigenvalue weighted by Gasteiger charge is 2.34. The van der Waals surface area contributed by atoms with E-state index in [1.54, 1.807) is 0 Å². The maximum atomic E-state index is 5.67. The third kappa shape index (κ3) is 2.69. The van der Waals surface area contributed by atoms with E-state index < -0.39 is 8.24 Å². The molecule has 0 amide bonds. The van der Waals surface area contributed by atoms with E-state index >= 15 is 0 Å². The molecular weight excluding hydrogens is 182 g/mol. The van der Waals surface area contributed by atoms with Crippen molar-refractivity contribution < 1.29 is 4.43 Å². The molecule has 4 heteroatoms. The third-order valence-electron chi connectivity index (χ3n) is 2.81. The molecule has 1 atom stereocenters. The van der Waals surface area contributed by atoms with Crippen LogP contribution in [0.3, 0.4) is 0 Å². The van der Waals surface area contributed by atoms with Gasteiger partial charge in [0.05, 0.1) is 0 Å². The van der Waals surface area contributed by atoms with E-state index in [1.807, 2.05) is 0 Å². The molecule has 12 heavy (non-hydrogen) atoms. The zero-order valence-electron chi connectivity index (χ0n) is 9.56. The second-order valence-electron chi connectivity index (χ2n) is 4.46. The highest BCUT2D eigenvalue weighted by molar-refractivity contribution is 6.73. The van der Waals surface area contributed by atoms with Crippen LogP contribution in [-0.4, -0.2) is 36.1 Å². The van der Waals surface area contributed by atoms with Gasteiger partial charge in [0.2, 0.25) is 0 Å². The van der Waals surface area contributed by atoms with Crippen molar-refractivity contribution in [2.24, 2.45) is 0 Å². The Morgan fingerprint density at radius 1 is 1.42 bits per heavy atom. The Labute approximate surface area is 80.9 Å². The summed E-state index contributed by atoms with van der Waals surface area (Å²) in [7, 11) is 1.80. The van der Waals surface area contributed by atoms with Crippen molar-refractivity contribution in [2.75, 3.05) is 7.05 Å². The molecule has 0 N–H and O–H groups in total. The molecule has 0 aliphatic carbocycles. The minimum Gasteiger partial charge on any atom is -0.411 e. The van der Waals surface area contributed by atoms with Gasteiger partial charge in [0.15, 0.2) is 0 Å². The van der Waals surface area contributed by atoms with Crippen LogP contribution in [0.1, 0.15) is 20.3 Å². The summed E-state index contributed by atoms with van der Waals surface area (Å²) in [4.78, 5) is 0. The number of rotatable bonds is 4. The highest BCUT2D eigenvalue weighted by Crippen LogP contribution is 2.23. The molecule has 0 aromatic carbocycles. The first-order valence-electron chi connectivity index (χ1n) is 4.57. The van der Waals surface area contributed by atoms with E-state index in [0.29, 0.717) is 0 Å². The van der Waals surface area contributed by atoms with Crippen molar-refractivity contribution in [1.82, 2.24) is 4.57 Å². The van der Waals surface area contributed by atoms with Gasteiger partial charge >= 0.3 is 0 Å². The van der Waals surface area contributed by atoms with Gasteiger partial charge in [-0.2, -0.15) is 0 Å². The normalized spacial score (nSPS) is 18.2. The van der Waals surface area contributed by atoms with Crippen molar-refractivity contribution in [1.29, 1.82) is 0 Å². The summed E-state index contributed by atoms with van der Waals surface area (Å²) < 4.78 is 8.11. The Kier molecular flexibility index (Phi) is 4.16. The lowest BCUT2D eigenvalue weighted by molar-refractivity contribution is -0.00889. The fraction of sp³-hybridized carbons (Fsp3) is 1.00. The quantitative estimate of drug-likeness (QED) is 0.505. The van der Waals surface area contributed by atoms with Crippen LogP contribution in [0, 0.1) is 0 Å². The molecule has 0 aromatic rings. The van der Waals surface area contributed by atoms with Crippen LogP contribution in [0.2, 0.25) is 19.6 Å². The Bertz CT molecular complexity index is 140. The van der Waals surface area contributed by atoms with E-state index in [-0.39, 0.29) is 5.72 Å². The smallest absolute Gasteiger partial charge is 0.148 e. The van der Waals surface area contributed by atoms with Gasteiger partial charge in [0, 0.05) is 0 Å². The van der Waals surface area contributed by atoms with Crippen LogP contribution in [-0.2, 0) is 4.43 Å². The zero-order chi connectivity index (χ0) is 9.99. The van der Waals surface area contributed by atoms with E-state index in [2.05, 4.69) is 45.1 Å². The molecule has 0 saturated carbocycles. The highest BCUT2D eigenvalue weighted by atomic mass is 28.3. The second kappa shape index (κ2) is 4.04. The predicted octanol–water partition coefficient (Wildman–Crippen LogP) is 1.18. The second-order valence-corrected chi connectivity index (χ2v) is 9.88. The summed E-state index contributed by atoms with van der Waals surface area (Å²) in [5, 5.41) is 0. The zero-order valence-corrected chi connectivity index (χ0v) is 12.6. The Balaban J connectivity index is 4.53. The molecule has 0 saturated heterocycles. The van der Waals surface area contributed by atoms with E-state index in [0.717, 1.165) is 16.9 Å². The molecule has 0 aliphatic rings. The molecule has 74 valence electrons. The largest absolute Gasteiger partial charge is 0.411 e. The maximum absolute atomic E-state index is 5.67. The summed E-state index contributed by atoms with van der Waals surface area (Å²) in [6.45, 7) is 11.4. The molecule has 2 nitrogen and oxygen atoms in total. The summed E-state index contributed by atoms with van der Waals surface area (Å²) in [5.41, 5.74) is -0.0172. The minimum atomic E-state index is -1.21. The average Bonchev–Trinajstić information content (AvgIpc) is 2.00. The van der Waals surface area contributed by atoms with Gasteiger partial charge in [-0.1, -0.05) is 26.6 Å². The van der Waals surface area contributed by atoms with E-state index in [9.17, 15) is 0 Å². The van der Waals surface area contributed by atoms with Crippen LogP contribution in [0.5, 0.6) is 0 Å². The molecule has 0 heterocycles. The molecular formula is C8H23NOSi2. The molecule has 1 unspecified atom stereocenters. The van der Waals surface area contributed by atoms with Crippen LogP contribution in [0.25, 0.3) is 0 Å². The van der Waals surface area contributed by atoms with Crippen molar-refractivity contribution in [3.05, 3.63) is 0 Å². The molecule has 0 spiro atoms. The van der Waals surface area contributed by atoms with Crippen molar-refractivity contribution in [3.8, 4) is 0 Å². The predicted molar refractivity (Wildman–Crippen MR) is 60.8 cm³/mol. The summed E-state index contributed by atoms with van der Waals surface area (Å²) >= 11 is 0. The van der Waals surface area contributed by atoms with Crippen LogP contribution < -0.4 is 0 Å². The fourth-order valence-corrected chi connectivity index (χ4v) is 3.64. The minimum absolute atomic E-state index is 0.0172. The number of hydrogen-bond donors (Lipinski definition) is 0. The fourth-order valence-electron chi connectivity index (χ4n) is 1.23. The van der Waals surface area contributed by atoms with Crippen molar-refractivity contribution in [3.63, 3.8) is 0 Å². The molecule has 0 aromatic heterocycles. The van der Waals surface area contributed by atoms with Crippen LogP contribution in [0.4, 0.5) is 0 Å². The summed E-state index contributed by atoms with van der Waals surface area (Å²) in [6.07, 6.45) is 1.07. The monoisotopic (exact) mass is 205 g/mol. The van der Waals surface area contributed by atoms with Gasteiger partial charge in [-0.05, 0) is 20.4 Å². The Morgan fingerprint density at radius 3 is 1.92 bits per heavy atom. The molecule has 0 fully saturated rings. The van der Waals surface area contributed by atoms with E-state index in [1.165, 1.54) is 0 Å². The van der Waals surface area contributed by atoms with Gasteiger partial charge in [-0.3, -0.25) is 0 Å². The van der Waals surface area contributed by atoms with E-state index in [4.69, 9.17) is 4.43 Å². The number of hydrogen-bond acceptors (Lipinski definition) is 2. The lowest BCUT2D eigenvalue weighted by Crippen LogP contribution is -2.57. The van der Waals surface area contributed by atoms with Crippen molar-refractivity contribution in [2.45, 2.75) is 45.6 Å². The Morgan fingerprint density at radius 2 is 1.83 bits per heavy atom. The van der Waals surface area contributed by atoms with Gasteiger partial charge < -0.3 is 8.99 Å². The molecule has 0 bridgehead atoms. The number of nitrogens with zero attached hydrogens (tertiary/aromatic N) is 1. The van der Waals surface area contributed by atoms with Crippen LogP contribution >= 0.6 is 0 Å². The first kappa shape index (κ1) is 12.4. The van der Waals surface area contributed by atoms with Gasteiger partial charge in [-0.25, -0.2) is 0 Å². The molecule has 0 aliphatic heterocycles. The standard InChI is InChI=1S/C8H23NOSi2/c1-7-8(2,10-11)9(3)12(4,5)6/h7H2,1-6,11H3. The maximum Gasteiger partial charge on any atom is 0.148 e. The summed E-state index contributed by atoms with van der Waals surface area (Å²) in [5.74, 6) is 0. The van der Waals surface area contributed by atoms with Gasteiger partial charge in [0.1, 0.15) is 24.4 Å². The summed E-state index contributed by atoms with van der Waals surface area (Å²) in [6, 6.07) is 0. The SMILES string of the molecule is CCC(C)(O[SiH3])N(C)[Si](C)(C)C. The van der Waals surface area contributed by atoms with Gasteiger partial charge in [-0.15, -0.1) is 0 Å². The topological polar surface area (TPSA) is 12.5 Å². The van der Waals surface area contributed by atoms with Gasteiger partial charge in [0.25, 0.3) is 0 Å². The lowest BCUT2D eigenvalue weighted by atomic mass is 10.2. The van der Waals surface area contributed by atoms with Crippen LogP contribution in [0.15, 0.2) is 0 Å². The van der Waals surface area contributed by atoms with Crippen molar-refractivity contribution >= 4 is 18.7 Å². The first-order valence-corrected chi connectivity index (χ1v) is 8.83. The first-order chi connectivity index (χ1) is 5.28. The third-order valence-corrected chi connectivity index (χ3v) is 6.18.